The molecule has 46 heavy (non-hydrogen) atoms. The number of hydrogen-bond acceptors (Lipinski definition) is 9. The van der Waals surface area contributed by atoms with Crippen LogP contribution in [0.3, 0.4) is 0 Å². The number of halogens is 1. The highest BCUT2D eigenvalue weighted by Crippen LogP contribution is 2.35. The van der Waals surface area contributed by atoms with Gasteiger partial charge in [-0.2, -0.15) is 0 Å². The molecule has 11 nitrogen and oxygen atoms in total. The highest BCUT2D eigenvalue weighted by Gasteiger charge is 2.24. The Morgan fingerprint density at radius 2 is 1.87 bits per heavy atom. The van der Waals surface area contributed by atoms with Crippen molar-refractivity contribution in [2.45, 2.75) is 37.8 Å². The summed E-state index contributed by atoms with van der Waals surface area (Å²) in [6.45, 7) is 10.1. The molecule has 3 heterocycles. The van der Waals surface area contributed by atoms with Gasteiger partial charge in [-0.15, -0.1) is 0 Å². The maximum atomic E-state index is 15.3. The summed E-state index contributed by atoms with van der Waals surface area (Å²) in [7, 11) is 3.28. The van der Waals surface area contributed by atoms with E-state index in [2.05, 4.69) is 38.5 Å². The van der Waals surface area contributed by atoms with Gasteiger partial charge in [0.15, 0.2) is 5.82 Å². The Balaban J connectivity index is 1.31. The Morgan fingerprint density at radius 3 is 2.57 bits per heavy atom. The Bertz CT molecular complexity index is 1610. The number of likely N-dealkylation sites (tertiary alicyclic amines) is 1. The predicted molar refractivity (Wildman–Crippen MR) is 179 cm³/mol. The molecule has 0 saturated carbocycles. The summed E-state index contributed by atoms with van der Waals surface area (Å²) in [6, 6.07) is 11.6. The Morgan fingerprint density at radius 1 is 1.09 bits per heavy atom. The molecule has 2 aliphatic heterocycles. The maximum absolute atomic E-state index is 15.3. The average molecular weight is 630 g/mol. The predicted octanol–water partition coefficient (Wildman–Crippen LogP) is 5.59. The summed E-state index contributed by atoms with van der Waals surface area (Å²) in [6.07, 6.45) is 6.69. The van der Waals surface area contributed by atoms with Crippen LogP contribution < -0.4 is 25.4 Å². The van der Waals surface area contributed by atoms with Crippen molar-refractivity contribution in [2.75, 3.05) is 50.6 Å². The third kappa shape index (κ3) is 7.63. The van der Waals surface area contributed by atoms with E-state index in [0.29, 0.717) is 47.3 Å². The highest BCUT2D eigenvalue weighted by molar-refractivity contribution is 6.04. The Kier molecular flexibility index (Phi) is 10.5. The molecule has 1 aromatic heterocycles. The third-order valence-corrected chi connectivity index (χ3v) is 8.25. The molecule has 1 atom stereocenters. The van der Waals surface area contributed by atoms with Crippen LogP contribution in [0.1, 0.15) is 31.2 Å². The Labute approximate surface area is 268 Å². The minimum Gasteiger partial charge on any atom is -0.495 e. The van der Waals surface area contributed by atoms with Crippen molar-refractivity contribution in [2.24, 2.45) is 15.7 Å². The first kappa shape index (κ1) is 32.4. The van der Waals surface area contributed by atoms with E-state index >= 15 is 4.39 Å². The zero-order valence-corrected chi connectivity index (χ0v) is 26.2. The standard InChI is InChI=1S/C34H40FN7O4/c1-5-33(43)41-15-11-22(12-16-41)39-30-19-26(29(37-2)20-31(30)45-4)34(36)40-28-9-8-23(17-27(28)35)46-24-10-13-38-32(18-24)42-14-6-7-25(21-42)44-3/h5,8-10,13,17-20,22,25,39H,1-2,6-7,11-12,14-16,21H2,3-4H3,(H2,36,40)/t25-/m1/s1. The van der Waals surface area contributed by atoms with Crippen molar-refractivity contribution in [1.82, 2.24) is 9.88 Å². The molecule has 0 bridgehead atoms. The van der Waals surface area contributed by atoms with Gasteiger partial charge in [-0.25, -0.2) is 14.4 Å². The van der Waals surface area contributed by atoms with Crippen molar-refractivity contribution in [3.05, 3.63) is 72.7 Å². The fraction of sp³-hybridized carbons (Fsp3) is 0.353. The summed E-state index contributed by atoms with van der Waals surface area (Å²) >= 11 is 0. The lowest BCUT2D eigenvalue weighted by Gasteiger charge is -2.32. The molecule has 0 spiro atoms. The average Bonchev–Trinajstić information content (AvgIpc) is 3.09. The molecule has 3 aromatic rings. The molecule has 2 aromatic carbocycles. The number of aromatic nitrogens is 1. The van der Waals surface area contributed by atoms with Gasteiger partial charge in [0.1, 0.15) is 34.6 Å². The molecule has 3 N–H and O–H groups in total. The first-order valence-corrected chi connectivity index (χ1v) is 15.2. The molecule has 242 valence electrons. The topological polar surface area (TPSA) is 127 Å². The molecule has 5 rings (SSSR count). The molecule has 1 amide bonds. The number of carbonyl (C=O) groups excluding carboxylic acids is 1. The molecule has 0 radical (unpaired) electrons. The number of pyridine rings is 1. The number of nitrogens with one attached hydrogen (secondary N) is 1. The summed E-state index contributed by atoms with van der Waals surface area (Å²) < 4.78 is 32.4. The van der Waals surface area contributed by atoms with Gasteiger partial charge in [-0.3, -0.25) is 9.79 Å². The molecule has 12 heteroatoms. The second kappa shape index (κ2) is 14.9. The van der Waals surface area contributed by atoms with E-state index in [-0.39, 0.29) is 29.6 Å². The van der Waals surface area contributed by atoms with Crippen LogP contribution in [0.5, 0.6) is 17.2 Å². The van der Waals surface area contributed by atoms with Gasteiger partial charge in [0, 0.05) is 69.3 Å². The fourth-order valence-corrected chi connectivity index (χ4v) is 5.72. The van der Waals surface area contributed by atoms with E-state index < -0.39 is 5.82 Å². The van der Waals surface area contributed by atoms with Crippen LogP contribution in [-0.4, -0.2) is 80.9 Å². The van der Waals surface area contributed by atoms with Crippen molar-refractivity contribution in [3.8, 4) is 17.2 Å². The Hall–Kier alpha value is -4.97. The van der Waals surface area contributed by atoms with Crippen LogP contribution in [0.15, 0.2) is 71.3 Å². The zero-order chi connectivity index (χ0) is 32.6. The molecule has 2 saturated heterocycles. The van der Waals surface area contributed by atoms with Crippen molar-refractivity contribution < 1.29 is 23.4 Å². The molecular formula is C34H40FN7O4. The monoisotopic (exact) mass is 629 g/mol. The van der Waals surface area contributed by atoms with Crippen LogP contribution >= 0.6 is 0 Å². The number of nitrogens with zero attached hydrogens (tertiary/aromatic N) is 5. The zero-order valence-electron chi connectivity index (χ0n) is 26.2. The van der Waals surface area contributed by atoms with E-state index in [4.69, 9.17) is 19.9 Å². The second-order valence-electron chi connectivity index (χ2n) is 11.2. The van der Waals surface area contributed by atoms with Gasteiger partial charge in [-0.05, 0) is 62.7 Å². The van der Waals surface area contributed by atoms with Crippen molar-refractivity contribution in [1.29, 1.82) is 0 Å². The lowest BCUT2D eigenvalue weighted by Crippen LogP contribution is -2.41. The first-order valence-electron chi connectivity index (χ1n) is 15.2. The van der Waals surface area contributed by atoms with Gasteiger partial charge in [0.2, 0.25) is 5.91 Å². The third-order valence-electron chi connectivity index (χ3n) is 8.25. The normalized spacial score (nSPS) is 17.4. The smallest absolute Gasteiger partial charge is 0.245 e. The number of anilines is 2. The number of piperidine rings is 2. The molecular weight excluding hydrogens is 589 g/mol. The SMILES string of the molecule is C=CC(=O)N1CCC(Nc2cc(C(N)=Nc3ccc(Oc4ccnc(N5CCC[C@@H](OC)C5)c4)cc3F)c(N=C)cc2OC)CC1. The van der Waals surface area contributed by atoms with Crippen molar-refractivity contribution >= 4 is 41.3 Å². The molecule has 2 aliphatic rings. The quantitative estimate of drug-likeness (QED) is 0.160. The van der Waals surface area contributed by atoms with Crippen molar-refractivity contribution in [3.63, 3.8) is 0 Å². The second-order valence-corrected chi connectivity index (χ2v) is 11.2. The van der Waals surface area contributed by atoms with Crippen LogP contribution in [0, 0.1) is 5.82 Å². The van der Waals surface area contributed by atoms with E-state index in [0.717, 1.165) is 44.6 Å². The minimum absolute atomic E-state index is 0.0405. The molecule has 2 fully saturated rings. The number of rotatable bonds is 11. The van der Waals surface area contributed by atoms with Gasteiger partial charge < -0.3 is 35.1 Å². The minimum atomic E-state index is -0.602. The summed E-state index contributed by atoms with van der Waals surface area (Å²) in [5.74, 6) is 1.56. The van der Waals surface area contributed by atoms with Crippen LogP contribution in [0.2, 0.25) is 0 Å². The fourth-order valence-electron chi connectivity index (χ4n) is 5.72. The molecule has 0 aliphatic carbocycles. The first-order chi connectivity index (χ1) is 22.3. The van der Waals surface area contributed by atoms with Crippen LogP contribution in [0.25, 0.3) is 0 Å². The number of carbonyl (C=O) groups is 1. The number of ether oxygens (including phenoxy) is 3. The van der Waals surface area contributed by atoms with E-state index in [1.54, 1.807) is 49.6 Å². The number of amidine groups is 1. The number of hydrogen-bond donors (Lipinski definition) is 2. The largest absolute Gasteiger partial charge is 0.495 e. The van der Waals surface area contributed by atoms with Crippen LogP contribution in [0.4, 0.5) is 27.3 Å². The van der Waals surface area contributed by atoms with Gasteiger partial charge in [0.25, 0.3) is 0 Å². The lowest BCUT2D eigenvalue weighted by molar-refractivity contribution is -0.126. The number of aliphatic imine (C=N–C) groups is 2. The summed E-state index contributed by atoms with van der Waals surface area (Å²) in [5.41, 5.74) is 8.05. The number of nitrogens with two attached hydrogens (primary N) is 1. The van der Waals surface area contributed by atoms with Crippen LogP contribution in [-0.2, 0) is 9.53 Å². The van der Waals surface area contributed by atoms with Gasteiger partial charge in [0.05, 0.1) is 24.6 Å². The van der Waals surface area contributed by atoms with Gasteiger partial charge in [-0.1, -0.05) is 6.58 Å². The number of amides is 1. The van der Waals surface area contributed by atoms with E-state index in [1.165, 1.54) is 18.2 Å². The molecule has 0 unspecified atom stereocenters. The lowest BCUT2D eigenvalue weighted by atomic mass is 10.0. The van der Waals surface area contributed by atoms with E-state index in [1.807, 2.05) is 6.07 Å². The number of methoxy groups -OCH3 is 2. The van der Waals surface area contributed by atoms with E-state index in [9.17, 15) is 4.79 Å². The summed E-state index contributed by atoms with van der Waals surface area (Å²) in [5, 5.41) is 3.49. The number of benzene rings is 2. The summed E-state index contributed by atoms with van der Waals surface area (Å²) in [4.78, 5) is 28.9. The maximum Gasteiger partial charge on any atom is 0.245 e. The highest BCUT2D eigenvalue weighted by atomic mass is 19.1. The van der Waals surface area contributed by atoms with Gasteiger partial charge >= 0.3 is 0 Å².